The van der Waals surface area contributed by atoms with Crippen LogP contribution in [0.1, 0.15) is 78.1 Å². The quantitative estimate of drug-likeness (QED) is 0.0684. The summed E-state index contributed by atoms with van der Waals surface area (Å²) in [7, 11) is -4.37. The monoisotopic (exact) mass is 543 g/mol. The lowest BCUT2D eigenvalue weighted by atomic mass is 10.2. The maximum absolute atomic E-state index is 11.8. The van der Waals surface area contributed by atoms with Crippen molar-refractivity contribution >= 4 is 19.7 Å². The van der Waals surface area contributed by atoms with Crippen LogP contribution in [0.3, 0.4) is 0 Å². The van der Waals surface area contributed by atoms with Gasteiger partial charge in [-0.25, -0.2) is 4.57 Å². The number of hydrogen-bond donors (Lipinski definition) is 3. The number of phosphoric acid groups is 1. The zero-order valence-electron chi connectivity index (χ0n) is 22.4. The van der Waals surface area contributed by atoms with E-state index in [2.05, 4.69) is 63.8 Å². The second-order valence-corrected chi connectivity index (χ2v) is 9.85. The van der Waals surface area contributed by atoms with Crippen LogP contribution in [0.25, 0.3) is 0 Å². The number of carbonyl (C=O) groups is 2. The van der Waals surface area contributed by atoms with Crippen molar-refractivity contribution in [3.8, 4) is 0 Å². The Labute approximate surface area is 222 Å². The van der Waals surface area contributed by atoms with E-state index in [1.807, 2.05) is 6.08 Å². The molecule has 0 aliphatic rings. The molecule has 9 nitrogen and oxygen atoms in total. The molecule has 0 fully saturated rings. The van der Waals surface area contributed by atoms with Gasteiger partial charge in [-0.1, -0.05) is 68.4 Å². The van der Waals surface area contributed by atoms with Crippen molar-refractivity contribution in [1.29, 1.82) is 0 Å². The fraction of sp³-hybridized carbons (Fsp3) is 0.630. The number of nitrogens with one attached hydrogen (secondary N) is 1. The first-order valence-electron chi connectivity index (χ1n) is 13.1. The standard InChI is InChI=1S/C27H46NO8P/c1-3-4-5-6-7-8-9-10-11-12-13-14-15-16-17-18-19-20-27(31)34-23-26(30)24-36-37(32,33)35-22-21-28-25(2)29/h7-8,10-11,13-14,16-17,26,30H,3-6,9,12,15,18-24H2,1-2H3,(H,28,29)(H,32,33)/b8-7-,11-10-,14-13-,17-16-. The van der Waals surface area contributed by atoms with Crippen molar-refractivity contribution in [3.05, 3.63) is 48.6 Å². The summed E-state index contributed by atoms with van der Waals surface area (Å²) in [4.78, 5) is 31.9. The first-order valence-corrected chi connectivity index (χ1v) is 14.6. The van der Waals surface area contributed by atoms with Gasteiger partial charge in [0.15, 0.2) is 0 Å². The molecule has 0 radical (unpaired) electrons. The van der Waals surface area contributed by atoms with Gasteiger partial charge >= 0.3 is 13.8 Å². The molecule has 0 aliphatic heterocycles. The van der Waals surface area contributed by atoms with Gasteiger partial charge < -0.3 is 20.1 Å². The fourth-order valence-electron chi connectivity index (χ4n) is 2.84. The molecular formula is C27H46NO8P. The number of unbranched alkanes of at least 4 members (excludes halogenated alkanes) is 4. The maximum atomic E-state index is 11.8. The van der Waals surface area contributed by atoms with E-state index in [1.165, 1.54) is 32.6 Å². The maximum Gasteiger partial charge on any atom is 0.472 e. The molecule has 2 unspecified atom stereocenters. The van der Waals surface area contributed by atoms with Crippen LogP contribution in [0.15, 0.2) is 48.6 Å². The molecule has 0 bridgehead atoms. The number of aliphatic hydroxyl groups excluding tert-OH is 1. The normalized spacial score (nSPS) is 14.6. The second kappa shape index (κ2) is 24.3. The summed E-state index contributed by atoms with van der Waals surface area (Å²) in [5.74, 6) is -0.762. The van der Waals surface area contributed by atoms with Crippen LogP contribution < -0.4 is 5.32 Å². The third-order valence-electron chi connectivity index (χ3n) is 4.81. The first-order chi connectivity index (χ1) is 17.8. The Morgan fingerprint density at radius 2 is 1.43 bits per heavy atom. The van der Waals surface area contributed by atoms with Crippen LogP contribution in [0.2, 0.25) is 0 Å². The minimum absolute atomic E-state index is 0.0461. The molecule has 0 aromatic heterocycles. The topological polar surface area (TPSA) is 131 Å². The zero-order valence-corrected chi connectivity index (χ0v) is 23.3. The Bertz CT molecular complexity index is 764. The average molecular weight is 544 g/mol. The molecule has 1 amide bonds. The Hall–Kier alpha value is -2.03. The number of allylic oxidation sites excluding steroid dienone is 8. The third kappa shape index (κ3) is 26.8. The van der Waals surface area contributed by atoms with Crippen LogP contribution in [0, 0.1) is 0 Å². The van der Waals surface area contributed by atoms with E-state index in [0.717, 1.165) is 25.7 Å². The molecular weight excluding hydrogens is 497 g/mol. The van der Waals surface area contributed by atoms with Gasteiger partial charge in [-0.15, -0.1) is 0 Å². The van der Waals surface area contributed by atoms with Gasteiger partial charge in [0.05, 0.1) is 13.2 Å². The highest BCUT2D eigenvalue weighted by Gasteiger charge is 2.23. The van der Waals surface area contributed by atoms with Crippen molar-refractivity contribution in [2.45, 2.75) is 84.2 Å². The molecule has 0 saturated heterocycles. The van der Waals surface area contributed by atoms with Gasteiger partial charge in [0, 0.05) is 19.9 Å². The molecule has 10 heteroatoms. The lowest BCUT2D eigenvalue weighted by Gasteiger charge is -2.15. The lowest BCUT2D eigenvalue weighted by molar-refractivity contribution is -0.147. The number of hydrogen-bond acceptors (Lipinski definition) is 7. The number of ether oxygens (including phenoxy) is 1. The predicted molar refractivity (Wildman–Crippen MR) is 146 cm³/mol. The van der Waals surface area contributed by atoms with Gasteiger partial charge in [-0.3, -0.25) is 18.6 Å². The van der Waals surface area contributed by atoms with Crippen molar-refractivity contribution in [1.82, 2.24) is 5.32 Å². The van der Waals surface area contributed by atoms with Gasteiger partial charge in [0.2, 0.25) is 5.91 Å². The smallest absolute Gasteiger partial charge is 0.463 e. The van der Waals surface area contributed by atoms with Crippen molar-refractivity contribution < 1.29 is 37.9 Å². The van der Waals surface area contributed by atoms with E-state index in [1.54, 1.807) is 0 Å². The van der Waals surface area contributed by atoms with Crippen LogP contribution in [0.4, 0.5) is 0 Å². The van der Waals surface area contributed by atoms with E-state index < -0.39 is 26.5 Å². The van der Waals surface area contributed by atoms with E-state index in [4.69, 9.17) is 4.74 Å². The minimum atomic E-state index is -4.37. The van der Waals surface area contributed by atoms with E-state index in [-0.39, 0.29) is 32.1 Å². The van der Waals surface area contributed by atoms with Crippen LogP contribution in [-0.4, -0.2) is 54.3 Å². The number of esters is 1. The zero-order chi connectivity index (χ0) is 27.6. The molecule has 37 heavy (non-hydrogen) atoms. The summed E-state index contributed by atoms with van der Waals surface area (Å²) >= 11 is 0. The molecule has 0 spiro atoms. The number of phosphoric ester groups is 1. The molecule has 0 aromatic carbocycles. The largest absolute Gasteiger partial charge is 0.472 e. The van der Waals surface area contributed by atoms with Crippen molar-refractivity contribution in [2.75, 3.05) is 26.4 Å². The average Bonchev–Trinajstić information content (AvgIpc) is 2.86. The highest BCUT2D eigenvalue weighted by molar-refractivity contribution is 7.47. The molecule has 0 heterocycles. The number of carbonyl (C=O) groups excluding carboxylic acids is 2. The Kier molecular flexibility index (Phi) is 23.0. The molecule has 212 valence electrons. The van der Waals surface area contributed by atoms with Crippen LogP contribution in [-0.2, 0) is 27.9 Å². The summed E-state index contributed by atoms with van der Waals surface area (Å²) in [6, 6.07) is 0. The van der Waals surface area contributed by atoms with Gasteiger partial charge in [0.1, 0.15) is 12.7 Å². The van der Waals surface area contributed by atoms with E-state index >= 15 is 0 Å². The van der Waals surface area contributed by atoms with Gasteiger partial charge in [0.25, 0.3) is 0 Å². The molecule has 0 aromatic rings. The highest BCUT2D eigenvalue weighted by Crippen LogP contribution is 2.42. The van der Waals surface area contributed by atoms with Crippen molar-refractivity contribution in [3.63, 3.8) is 0 Å². The van der Waals surface area contributed by atoms with E-state index in [0.29, 0.717) is 6.42 Å². The summed E-state index contributed by atoms with van der Waals surface area (Å²) in [6.45, 7) is 2.45. The van der Waals surface area contributed by atoms with Gasteiger partial charge in [-0.2, -0.15) is 0 Å². The summed E-state index contributed by atoms with van der Waals surface area (Å²) in [5.41, 5.74) is 0. The van der Waals surface area contributed by atoms with Crippen LogP contribution >= 0.6 is 7.82 Å². The Balaban J connectivity index is 3.73. The van der Waals surface area contributed by atoms with Crippen LogP contribution in [0.5, 0.6) is 0 Å². The second-order valence-electron chi connectivity index (χ2n) is 8.40. The number of rotatable bonds is 23. The SMILES string of the molecule is CCCCC/C=C\C/C=C\C/C=C\C/C=C\CCCC(=O)OCC(O)COP(=O)(O)OCCNC(C)=O. The Morgan fingerprint density at radius 1 is 0.865 bits per heavy atom. The predicted octanol–water partition coefficient (Wildman–Crippen LogP) is 5.31. The van der Waals surface area contributed by atoms with Gasteiger partial charge in [-0.05, 0) is 44.9 Å². The Morgan fingerprint density at radius 3 is 2.00 bits per heavy atom. The minimum Gasteiger partial charge on any atom is -0.463 e. The molecule has 0 rings (SSSR count). The number of aliphatic hydroxyl groups is 1. The molecule has 3 N–H and O–H groups in total. The molecule has 2 atom stereocenters. The first kappa shape index (κ1) is 35.0. The summed E-state index contributed by atoms with van der Waals surface area (Å²) in [6.07, 6.45) is 25.2. The third-order valence-corrected chi connectivity index (χ3v) is 5.79. The summed E-state index contributed by atoms with van der Waals surface area (Å²) in [5, 5.41) is 12.2. The highest BCUT2D eigenvalue weighted by atomic mass is 31.2. The lowest BCUT2D eigenvalue weighted by Crippen LogP contribution is -2.25. The molecule has 0 saturated carbocycles. The molecule has 0 aliphatic carbocycles. The fourth-order valence-corrected chi connectivity index (χ4v) is 3.60. The van der Waals surface area contributed by atoms with Crippen molar-refractivity contribution in [2.24, 2.45) is 0 Å². The number of amides is 1. The summed E-state index contributed by atoms with van der Waals surface area (Å²) < 4.78 is 25.9. The van der Waals surface area contributed by atoms with E-state index in [9.17, 15) is 24.2 Å².